The lowest BCUT2D eigenvalue weighted by atomic mass is 10.0. The van der Waals surface area contributed by atoms with Crippen LogP contribution in [0.15, 0.2) is 60.8 Å². The zero-order valence-electron chi connectivity index (χ0n) is 43.7. The Balaban J connectivity index is 5.43. The first kappa shape index (κ1) is 63.7. The van der Waals surface area contributed by atoms with Crippen LogP contribution in [-0.4, -0.2) is 74.3 Å². The maximum Gasteiger partial charge on any atom is 0.472 e. The van der Waals surface area contributed by atoms with Crippen molar-refractivity contribution >= 4 is 19.7 Å². The molecule has 0 saturated heterocycles. The minimum absolute atomic E-state index is 0.0328. The lowest BCUT2D eigenvalue weighted by molar-refractivity contribution is -0.870. The normalized spacial score (nSPS) is 14.3. The first-order valence-electron chi connectivity index (χ1n) is 27.1. The van der Waals surface area contributed by atoms with Crippen molar-refractivity contribution in [3.05, 3.63) is 60.8 Å². The van der Waals surface area contributed by atoms with Crippen LogP contribution in [0.1, 0.15) is 233 Å². The Morgan fingerprint density at radius 3 is 1.47 bits per heavy atom. The van der Waals surface area contributed by atoms with Crippen molar-refractivity contribution in [2.45, 2.75) is 245 Å². The van der Waals surface area contributed by atoms with Crippen LogP contribution in [0.3, 0.4) is 0 Å². The highest BCUT2D eigenvalue weighted by Crippen LogP contribution is 2.43. The van der Waals surface area contributed by atoms with E-state index in [9.17, 15) is 19.0 Å². The molecule has 0 heterocycles. The highest BCUT2D eigenvalue weighted by Gasteiger charge is 2.30. The summed E-state index contributed by atoms with van der Waals surface area (Å²) in [4.78, 5) is 37.4. The topological polar surface area (TPSA) is 111 Å². The van der Waals surface area contributed by atoms with Crippen molar-refractivity contribution in [3.63, 3.8) is 0 Å². The van der Waals surface area contributed by atoms with Gasteiger partial charge >= 0.3 is 13.8 Å². The van der Waals surface area contributed by atoms with Gasteiger partial charge in [0, 0.05) is 12.8 Å². The van der Waals surface area contributed by atoms with Crippen LogP contribution in [0.25, 0.3) is 0 Å². The molecule has 0 bridgehead atoms. The monoisotopic (exact) mass is 948 g/mol. The van der Waals surface area contributed by atoms with E-state index >= 15 is 0 Å². The average Bonchev–Trinajstić information content (AvgIpc) is 3.27. The minimum Gasteiger partial charge on any atom is -0.456 e. The van der Waals surface area contributed by atoms with Gasteiger partial charge in [-0.1, -0.05) is 191 Å². The molecule has 0 aliphatic rings. The van der Waals surface area contributed by atoms with E-state index in [-0.39, 0.29) is 31.5 Å². The van der Waals surface area contributed by atoms with Crippen molar-refractivity contribution in [3.8, 4) is 0 Å². The molecule has 2 N–H and O–H groups in total. The van der Waals surface area contributed by atoms with E-state index in [1.165, 1.54) is 89.9 Å². The number of nitrogens with zero attached hydrogens (tertiary/aromatic N) is 1. The number of ether oxygens (including phenoxy) is 1. The van der Waals surface area contributed by atoms with Gasteiger partial charge in [-0.3, -0.25) is 18.6 Å². The molecule has 0 saturated carbocycles. The molecule has 3 atom stereocenters. The van der Waals surface area contributed by atoms with Gasteiger partial charge in [0.25, 0.3) is 0 Å². The second-order valence-corrected chi connectivity index (χ2v) is 20.8. The number of phosphoric ester groups is 1. The fourth-order valence-corrected chi connectivity index (χ4v) is 8.13. The zero-order chi connectivity index (χ0) is 48.7. The lowest BCUT2D eigenvalue weighted by Crippen LogP contribution is -2.47. The fourth-order valence-electron chi connectivity index (χ4n) is 7.40. The number of unbranched alkanes of at least 4 members (excludes halogenated alkanes) is 24. The molecule has 0 spiro atoms. The second-order valence-electron chi connectivity index (χ2n) is 19.4. The molecule has 0 rings (SSSR count). The maximum absolute atomic E-state index is 13.4. The molecule has 0 aliphatic heterocycles. The third-order valence-electron chi connectivity index (χ3n) is 11.7. The van der Waals surface area contributed by atoms with Gasteiger partial charge in [-0.2, -0.15) is 0 Å². The molecule has 0 fully saturated rings. The summed E-state index contributed by atoms with van der Waals surface area (Å²) < 4.78 is 30.5. The number of phosphoric acid groups is 1. The molecular formula is C56H104N2O7P+. The molecule has 10 heteroatoms. The SMILES string of the molecule is CCCC/C=C\CCCCCCCC(=O)OC(/C=C\CCCCCCCCCCCC)C(COP(=O)(O)OCC[N+](C)(C)C)NC(=O)CCCCCC/C=C\C/C=C\C/C=C\CCCCC. The highest BCUT2D eigenvalue weighted by molar-refractivity contribution is 7.47. The predicted molar refractivity (Wildman–Crippen MR) is 282 cm³/mol. The third kappa shape index (κ3) is 46.8. The molecule has 0 aromatic carbocycles. The number of amides is 1. The average molecular weight is 948 g/mol. The third-order valence-corrected chi connectivity index (χ3v) is 12.7. The zero-order valence-corrected chi connectivity index (χ0v) is 44.6. The number of likely N-dealkylation sites (N-methyl/N-ethyl adjacent to an activating group) is 1. The molecule has 0 aliphatic carbocycles. The predicted octanol–water partition coefficient (Wildman–Crippen LogP) is 15.9. The van der Waals surface area contributed by atoms with Crippen molar-refractivity contribution in [2.24, 2.45) is 0 Å². The van der Waals surface area contributed by atoms with E-state index in [2.05, 4.69) is 74.7 Å². The summed E-state index contributed by atoms with van der Waals surface area (Å²) in [5.41, 5.74) is 0. The summed E-state index contributed by atoms with van der Waals surface area (Å²) in [5.74, 6) is -0.544. The van der Waals surface area contributed by atoms with Crippen LogP contribution in [0, 0.1) is 0 Å². The summed E-state index contributed by atoms with van der Waals surface area (Å²) in [6, 6.07) is -0.862. The van der Waals surface area contributed by atoms with Crippen LogP contribution >= 0.6 is 7.82 Å². The minimum atomic E-state index is -4.45. The molecule has 9 nitrogen and oxygen atoms in total. The van der Waals surface area contributed by atoms with E-state index < -0.39 is 20.0 Å². The number of hydrogen-bond donors (Lipinski definition) is 2. The first-order valence-corrected chi connectivity index (χ1v) is 28.6. The Hall–Kier alpha value is -2.29. The van der Waals surface area contributed by atoms with E-state index in [0.717, 1.165) is 109 Å². The number of rotatable bonds is 48. The van der Waals surface area contributed by atoms with Crippen molar-refractivity contribution < 1.29 is 37.3 Å². The number of carbonyl (C=O) groups excluding carboxylic acids is 2. The molecule has 0 aromatic heterocycles. The Kier molecular flexibility index (Phi) is 44.8. The Labute approximate surface area is 407 Å². The van der Waals surface area contributed by atoms with E-state index in [0.29, 0.717) is 17.4 Å². The van der Waals surface area contributed by atoms with E-state index in [4.69, 9.17) is 13.8 Å². The summed E-state index contributed by atoms with van der Waals surface area (Å²) in [7, 11) is 1.47. The molecule has 66 heavy (non-hydrogen) atoms. The lowest BCUT2D eigenvalue weighted by Gasteiger charge is -2.27. The Morgan fingerprint density at radius 1 is 0.530 bits per heavy atom. The molecule has 384 valence electrons. The summed E-state index contributed by atoms with van der Waals surface area (Å²) in [6.07, 6.45) is 56.4. The number of esters is 1. The van der Waals surface area contributed by atoms with Crippen LogP contribution in [0.5, 0.6) is 0 Å². The highest BCUT2D eigenvalue weighted by atomic mass is 31.2. The molecule has 3 unspecified atom stereocenters. The van der Waals surface area contributed by atoms with Crippen molar-refractivity contribution in [2.75, 3.05) is 40.9 Å². The van der Waals surface area contributed by atoms with Gasteiger partial charge in [-0.15, -0.1) is 0 Å². The fraction of sp³-hybridized carbons (Fsp3) is 0.786. The van der Waals surface area contributed by atoms with Crippen LogP contribution in [0.2, 0.25) is 0 Å². The standard InChI is InChI=1S/C56H103N2O7P/c1-7-10-13-16-19-22-25-27-28-29-30-31-34-36-39-42-45-48-55(59)57-53(52-64-66(61,62)63-51-50-58(4,5)6)54(47-44-41-38-35-33-26-23-20-17-14-11-8-2)65-56(60)49-46-43-40-37-32-24-21-18-15-12-9-3/h18-19,21-22,27-28,30-31,44,47,53-54H,7-17,20,23-26,29,32-43,45-46,48-52H2,1-6H3,(H-,57,59,61,62)/p+1/b21-18-,22-19-,28-27-,31-30-,47-44-. The summed E-state index contributed by atoms with van der Waals surface area (Å²) >= 11 is 0. The van der Waals surface area contributed by atoms with Crippen molar-refractivity contribution in [1.29, 1.82) is 0 Å². The van der Waals surface area contributed by atoms with E-state index in [1.807, 2.05) is 33.3 Å². The quantitative estimate of drug-likeness (QED) is 0.0205. The molecule has 0 aromatic rings. The number of allylic oxidation sites excluding steroid dienone is 9. The number of nitrogens with one attached hydrogen (secondary N) is 1. The molecule has 0 radical (unpaired) electrons. The van der Waals surface area contributed by atoms with Crippen LogP contribution < -0.4 is 5.32 Å². The van der Waals surface area contributed by atoms with Gasteiger partial charge in [-0.25, -0.2) is 4.57 Å². The van der Waals surface area contributed by atoms with Gasteiger partial charge in [-0.05, 0) is 89.5 Å². The van der Waals surface area contributed by atoms with Gasteiger partial charge in [0.05, 0.1) is 33.8 Å². The number of hydrogen-bond acceptors (Lipinski definition) is 6. The van der Waals surface area contributed by atoms with Crippen LogP contribution in [-0.2, 0) is 27.9 Å². The van der Waals surface area contributed by atoms with Gasteiger partial charge in [0.2, 0.25) is 5.91 Å². The molecular weight excluding hydrogens is 844 g/mol. The van der Waals surface area contributed by atoms with E-state index in [1.54, 1.807) is 0 Å². The number of quaternary nitrogens is 1. The Morgan fingerprint density at radius 2 is 0.939 bits per heavy atom. The van der Waals surface area contributed by atoms with Gasteiger partial charge in [0.15, 0.2) is 0 Å². The van der Waals surface area contributed by atoms with Gasteiger partial charge in [0.1, 0.15) is 19.3 Å². The first-order chi connectivity index (χ1) is 31.9. The van der Waals surface area contributed by atoms with Crippen molar-refractivity contribution in [1.82, 2.24) is 5.32 Å². The Bertz CT molecular complexity index is 1320. The smallest absolute Gasteiger partial charge is 0.456 e. The second kappa shape index (κ2) is 46.4. The van der Waals surface area contributed by atoms with Crippen LogP contribution in [0.4, 0.5) is 0 Å². The number of carbonyl (C=O) groups is 2. The van der Waals surface area contributed by atoms with Gasteiger partial charge < -0.3 is 19.4 Å². The summed E-state index contributed by atoms with van der Waals surface area (Å²) in [6.45, 7) is 6.90. The maximum atomic E-state index is 13.4. The largest absolute Gasteiger partial charge is 0.472 e. The molecule has 1 amide bonds. The summed E-state index contributed by atoms with van der Waals surface area (Å²) in [5, 5.41) is 3.02.